The van der Waals surface area contributed by atoms with Gasteiger partial charge in [0.1, 0.15) is 5.82 Å². The zero-order chi connectivity index (χ0) is 20.1. The fourth-order valence-corrected chi connectivity index (χ4v) is 4.90. The van der Waals surface area contributed by atoms with Crippen molar-refractivity contribution in [2.45, 2.75) is 42.0 Å². The van der Waals surface area contributed by atoms with Crippen LogP contribution in [-0.4, -0.2) is 33.2 Å². The largest absolute Gasteiger partial charge is 0.362 e. The molecule has 3 N–H and O–H groups in total. The summed E-state index contributed by atoms with van der Waals surface area (Å²) in [6, 6.07) is 7.58. The third kappa shape index (κ3) is 3.64. The highest BCUT2D eigenvalue weighted by molar-refractivity contribution is 7.99. The number of aromatic nitrogens is 3. The van der Waals surface area contributed by atoms with Crippen LogP contribution in [0.2, 0.25) is 10.0 Å². The summed E-state index contributed by atoms with van der Waals surface area (Å²) < 4.78 is 1.76. The Labute approximate surface area is 177 Å². The van der Waals surface area contributed by atoms with Crippen LogP contribution in [0.4, 0.5) is 5.82 Å². The summed E-state index contributed by atoms with van der Waals surface area (Å²) in [6.07, 6.45) is 1.78. The summed E-state index contributed by atoms with van der Waals surface area (Å²) in [5.41, 5.74) is 7.34. The number of hydrogen-bond donors (Lipinski definition) is 2. The summed E-state index contributed by atoms with van der Waals surface area (Å²) in [5.74, 6) is 0.916. The highest BCUT2D eigenvalue weighted by Gasteiger charge is 2.28. The molecule has 0 bridgehead atoms. The van der Waals surface area contributed by atoms with Crippen molar-refractivity contribution in [3.8, 4) is 0 Å². The van der Waals surface area contributed by atoms with Crippen LogP contribution >= 0.6 is 35.0 Å². The minimum absolute atomic E-state index is 0.147. The number of nitrogens with two attached hydrogens (primary N) is 1. The van der Waals surface area contributed by atoms with Crippen LogP contribution in [0.1, 0.15) is 25.3 Å². The lowest BCUT2D eigenvalue weighted by Gasteiger charge is -2.38. The van der Waals surface area contributed by atoms with Crippen molar-refractivity contribution in [1.82, 2.24) is 14.6 Å². The zero-order valence-electron chi connectivity index (χ0n) is 15.6. The number of halogens is 2. The van der Waals surface area contributed by atoms with Gasteiger partial charge in [0.25, 0.3) is 0 Å². The Balaban J connectivity index is 1.79. The first-order chi connectivity index (χ1) is 13.2. The monoisotopic (exact) mass is 437 g/mol. The molecular formula is C19H21Cl2N5OS. The molecule has 148 valence electrons. The van der Waals surface area contributed by atoms with Crippen molar-refractivity contribution in [3.05, 3.63) is 50.4 Å². The molecule has 0 radical (unpaired) electrons. The van der Waals surface area contributed by atoms with Crippen LogP contribution < -0.4 is 16.3 Å². The van der Waals surface area contributed by atoms with Gasteiger partial charge < -0.3 is 10.6 Å². The molecule has 1 fully saturated rings. The number of pyridine rings is 1. The normalized spacial score (nSPS) is 16.7. The molecule has 1 aromatic carbocycles. The van der Waals surface area contributed by atoms with Gasteiger partial charge in [-0.3, -0.25) is 0 Å². The lowest BCUT2D eigenvalue weighted by Crippen LogP contribution is -2.48. The van der Waals surface area contributed by atoms with Gasteiger partial charge in [-0.1, -0.05) is 41.0 Å². The van der Waals surface area contributed by atoms with Crippen molar-refractivity contribution in [3.63, 3.8) is 0 Å². The van der Waals surface area contributed by atoms with Gasteiger partial charge in [0.2, 0.25) is 0 Å². The molecule has 4 rings (SSSR count). The van der Waals surface area contributed by atoms with E-state index in [9.17, 15) is 4.79 Å². The van der Waals surface area contributed by atoms with E-state index in [0.717, 1.165) is 47.1 Å². The molecule has 0 spiro atoms. The zero-order valence-corrected chi connectivity index (χ0v) is 18.0. The first-order valence-corrected chi connectivity index (χ1v) is 10.6. The molecule has 1 aliphatic rings. The van der Waals surface area contributed by atoms with Crippen LogP contribution in [0.25, 0.3) is 5.65 Å². The number of nitrogens with zero attached hydrogens (tertiary/aromatic N) is 3. The number of aryl methyl sites for hydroxylation is 1. The summed E-state index contributed by atoms with van der Waals surface area (Å²) in [4.78, 5) is 20.2. The maximum absolute atomic E-state index is 12.1. The number of nitrogens with one attached hydrogen (secondary N) is 1. The molecular weight excluding hydrogens is 417 g/mol. The van der Waals surface area contributed by atoms with Gasteiger partial charge in [0.15, 0.2) is 5.65 Å². The minimum atomic E-state index is -0.383. The van der Waals surface area contributed by atoms with E-state index < -0.39 is 0 Å². The van der Waals surface area contributed by atoms with Crippen LogP contribution in [-0.2, 0) is 0 Å². The SMILES string of the molecule is Cc1cc(N2CCC(C)(N)CC2)n2[nH]c(=O)nc2c1Sc1cccc(Cl)c1Cl. The lowest BCUT2D eigenvalue weighted by molar-refractivity contribution is 0.362. The maximum Gasteiger partial charge on any atom is 0.362 e. The first-order valence-electron chi connectivity index (χ1n) is 9.03. The molecule has 0 atom stereocenters. The Morgan fingerprint density at radius 1 is 1.29 bits per heavy atom. The number of piperidine rings is 1. The second-order valence-electron chi connectivity index (χ2n) is 7.50. The van der Waals surface area contributed by atoms with Crippen LogP contribution in [0.3, 0.4) is 0 Å². The summed E-state index contributed by atoms with van der Waals surface area (Å²) >= 11 is 14.0. The van der Waals surface area contributed by atoms with Crippen LogP contribution in [0.5, 0.6) is 0 Å². The highest BCUT2D eigenvalue weighted by atomic mass is 35.5. The van der Waals surface area contributed by atoms with Crippen LogP contribution in [0, 0.1) is 6.92 Å². The van der Waals surface area contributed by atoms with E-state index in [1.54, 1.807) is 10.6 Å². The number of anilines is 1. The number of rotatable bonds is 3. The van der Waals surface area contributed by atoms with Gasteiger partial charge in [0.05, 0.1) is 14.9 Å². The topological polar surface area (TPSA) is 79.4 Å². The summed E-state index contributed by atoms with van der Waals surface area (Å²) in [7, 11) is 0. The molecule has 2 aromatic heterocycles. The third-order valence-corrected chi connectivity index (χ3v) is 7.32. The van der Waals surface area contributed by atoms with Gasteiger partial charge in [0, 0.05) is 23.5 Å². The number of benzene rings is 1. The highest BCUT2D eigenvalue weighted by Crippen LogP contribution is 2.40. The molecule has 0 amide bonds. The Morgan fingerprint density at radius 2 is 2.00 bits per heavy atom. The van der Waals surface area contributed by atoms with E-state index in [1.165, 1.54) is 11.8 Å². The molecule has 0 saturated carbocycles. The third-order valence-electron chi connectivity index (χ3n) is 5.12. The molecule has 9 heteroatoms. The number of aromatic amines is 1. The van der Waals surface area contributed by atoms with E-state index in [1.807, 2.05) is 19.1 Å². The lowest BCUT2D eigenvalue weighted by atomic mass is 9.91. The van der Waals surface area contributed by atoms with Crippen molar-refractivity contribution in [2.24, 2.45) is 5.73 Å². The molecule has 0 aliphatic carbocycles. The van der Waals surface area contributed by atoms with Crippen molar-refractivity contribution < 1.29 is 0 Å². The maximum atomic E-state index is 12.1. The fourth-order valence-electron chi connectivity index (χ4n) is 3.42. The number of fused-ring (bicyclic) bond motifs is 1. The van der Waals surface area contributed by atoms with Gasteiger partial charge in [-0.15, -0.1) is 0 Å². The van der Waals surface area contributed by atoms with Crippen molar-refractivity contribution in [1.29, 1.82) is 0 Å². The molecule has 0 unspecified atom stereocenters. The molecule has 3 heterocycles. The molecule has 28 heavy (non-hydrogen) atoms. The minimum Gasteiger partial charge on any atom is -0.356 e. The van der Waals surface area contributed by atoms with Gasteiger partial charge in [-0.2, -0.15) is 4.98 Å². The quantitative estimate of drug-likeness (QED) is 0.644. The van der Waals surface area contributed by atoms with E-state index in [2.05, 4.69) is 28.0 Å². The average molecular weight is 438 g/mol. The van der Waals surface area contributed by atoms with Crippen LogP contribution in [0.15, 0.2) is 38.9 Å². The average Bonchev–Trinajstić information content (AvgIpc) is 3.02. The smallest absolute Gasteiger partial charge is 0.356 e. The van der Waals surface area contributed by atoms with E-state index >= 15 is 0 Å². The molecule has 1 saturated heterocycles. The fraction of sp³-hybridized carbons (Fsp3) is 0.368. The van der Waals surface area contributed by atoms with E-state index in [0.29, 0.717) is 15.7 Å². The van der Waals surface area contributed by atoms with Gasteiger partial charge in [-0.25, -0.2) is 14.4 Å². The Hall–Kier alpha value is -1.67. The summed E-state index contributed by atoms with van der Waals surface area (Å²) in [6.45, 7) is 5.75. The Morgan fingerprint density at radius 3 is 2.71 bits per heavy atom. The molecule has 3 aromatic rings. The first kappa shape index (κ1) is 19.6. The second-order valence-corrected chi connectivity index (χ2v) is 9.33. The van der Waals surface area contributed by atoms with E-state index in [4.69, 9.17) is 28.9 Å². The van der Waals surface area contributed by atoms with E-state index in [-0.39, 0.29) is 11.2 Å². The molecule has 1 aliphatic heterocycles. The number of H-pyrrole nitrogens is 1. The second kappa shape index (κ2) is 7.30. The van der Waals surface area contributed by atoms with Crippen molar-refractivity contribution in [2.75, 3.05) is 18.0 Å². The predicted octanol–water partition coefficient (Wildman–Crippen LogP) is 4.11. The summed E-state index contributed by atoms with van der Waals surface area (Å²) in [5, 5.41) is 3.82. The predicted molar refractivity (Wildman–Crippen MR) is 115 cm³/mol. The van der Waals surface area contributed by atoms with Crippen molar-refractivity contribution >= 4 is 46.4 Å². The molecule has 6 nitrogen and oxygen atoms in total. The van der Waals surface area contributed by atoms with Gasteiger partial charge in [-0.05, 0) is 50.5 Å². The Kier molecular flexibility index (Phi) is 5.12. The standard InChI is InChI=1S/C19H21Cl2N5OS/c1-11-10-14(25-8-6-19(2,22)7-9-25)26-17(23-18(27)24-26)16(11)28-13-5-3-4-12(20)15(13)21/h3-5,10H,6-9,22H2,1-2H3,(H,24,27). The Bertz CT molecular complexity index is 1100. The van der Waals surface area contributed by atoms with Gasteiger partial charge >= 0.3 is 5.69 Å². The number of hydrogen-bond acceptors (Lipinski definition) is 5.